The summed E-state index contributed by atoms with van der Waals surface area (Å²) in [7, 11) is 0. The van der Waals surface area contributed by atoms with Crippen LogP contribution in [0.3, 0.4) is 0 Å². The topological polar surface area (TPSA) is 35.2 Å². The molecule has 2 heterocycles. The molecule has 2 unspecified atom stereocenters. The Balaban J connectivity index is 1.84. The Morgan fingerprint density at radius 3 is 2.89 bits per heavy atom. The average Bonchev–Trinajstić information content (AvgIpc) is 2.91. The summed E-state index contributed by atoms with van der Waals surface area (Å²) in [5.41, 5.74) is 7.60. The lowest BCUT2D eigenvalue weighted by Gasteiger charge is -2.18. The first kappa shape index (κ1) is 12.2. The molecular formula is C14H14BrNOS. The molecule has 4 heteroatoms. The molecule has 0 aliphatic carbocycles. The Labute approximate surface area is 119 Å². The molecule has 2 aromatic rings. The van der Waals surface area contributed by atoms with Crippen molar-refractivity contribution in [1.82, 2.24) is 0 Å². The van der Waals surface area contributed by atoms with Gasteiger partial charge in [-0.25, -0.2) is 0 Å². The van der Waals surface area contributed by atoms with E-state index in [9.17, 15) is 0 Å². The fourth-order valence-corrected chi connectivity index (χ4v) is 4.28. The lowest BCUT2D eigenvalue weighted by atomic mass is 10.0. The number of fused-ring (bicyclic) bond motifs is 1. The molecule has 1 aliphatic heterocycles. The zero-order chi connectivity index (χ0) is 12.7. The van der Waals surface area contributed by atoms with Crippen LogP contribution < -0.4 is 10.5 Å². The zero-order valence-corrected chi connectivity index (χ0v) is 12.4. The van der Waals surface area contributed by atoms with E-state index in [2.05, 4.69) is 35.0 Å². The van der Waals surface area contributed by atoms with Crippen LogP contribution in [0.4, 0.5) is 0 Å². The van der Waals surface area contributed by atoms with Crippen LogP contribution in [0.2, 0.25) is 0 Å². The Kier molecular flexibility index (Phi) is 3.18. The summed E-state index contributed by atoms with van der Waals surface area (Å²) in [5.74, 6) is 0.974. The smallest absolute Gasteiger partial charge is 0.123 e. The van der Waals surface area contributed by atoms with Gasteiger partial charge in [0.2, 0.25) is 0 Å². The molecule has 2 nitrogen and oxygen atoms in total. The Morgan fingerprint density at radius 2 is 2.22 bits per heavy atom. The maximum Gasteiger partial charge on any atom is 0.123 e. The number of benzene rings is 1. The minimum absolute atomic E-state index is 0.0387. The summed E-state index contributed by atoms with van der Waals surface area (Å²) < 4.78 is 7.04. The quantitative estimate of drug-likeness (QED) is 0.911. The highest BCUT2D eigenvalue weighted by atomic mass is 79.9. The van der Waals surface area contributed by atoms with Crippen molar-refractivity contribution >= 4 is 27.3 Å². The zero-order valence-electron chi connectivity index (χ0n) is 10.0. The average molecular weight is 324 g/mol. The van der Waals surface area contributed by atoms with Crippen molar-refractivity contribution < 1.29 is 4.74 Å². The Bertz CT molecular complexity index is 556. The third kappa shape index (κ3) is 2.09. The number of aryl methyl sites for hydroxylation is 1. The maximum absolute atomic E-state index is 6.35. The number of ether oxygens (including phenoxy) is 1. The first-order valence-electron chi connectivity index (χ1n) is 5.91. The standard InChI is InChI=1S/C14H14BrNOS/c1-8-6-10(15)14(18-8)13(16)12-7-9-4-2-3-5-11(9)17-12/h2-6,12-13H,7,16H2,1H3. The van der Waals surface area contributed by atoms with Gasteiger partial charge in [0.25, 0.3) is 0 Å². The van der Waals surface area contributed by atoms with Crippen molar-refractivity contribution in [2.24, 2.45) is 5.73 Å². The van der Waals surface area contributed by atoms with E-state index in [-0.39, 0.29) is 12.1 Å². The molecule has 1 aliphatic rings. The number of thiophene rings is 1. The lowest BCUT2D eigenvalue weighted by molar-refractivity contribution is 0.201. The van der Waals surface area contributed by atoms with Crippen LogP contribution >= 0.6 is 27.3 Å². The fourth-order valence-electron chi connectivity index (χ4n) is 2.31. The van der Waals surface area contributed by atoms with Gasteiger partial charge in [0.15, 0.2) is 0 Å². The van der Waals surface area contributed by atoms with E-state index in [4.69, 9.17) is 10.5 Å². The van der Waals surface area contributed by atoms with Gasteiger partial charge in [-0.3, -0.25) is 0 Å². The van der Waals surface area contributed by atoms with Gasteiger partial charge >= 0.3 is 0 Å². The van der Waals surface area contributed by atoms with Crippen LogP contribution in [-0.4, -0.2) is 6.10 Å². The largest absolute Gasteiger partial charge is 0.488 e. The van der Waals surface area contributed by atoms with Gasteiger partial charge in [-0.2, -0.15) is 0 Å². The minimum Gasteiger partial charge on any atom is -0.488 e. The van der Waals surface area contributed by atoms with Crippen LogP contribution in [-0.2, 0) is 6.42 Å². The van der Waals surface area contributed by atoms with E-state index < -0.39 is 0 Å². The van der Waals surface area contributed by atoms with Crippen molar-refractivity contribution in [2.45, 2.75) is 25.5 Å². The van der Waals surface area contributed by atoms with Gasteiger partial charge in [-0.1, -0.05) is 18.2 Å². The Morgan fingerprint density at radius 1 is 1.44 bits per heavy atom. The van der Waals surface area contributed by atoms with Gasteiger partial charge in [-0.15, -0.1) is 11.3 Å². The lowest BCUT2D eigenvalue weighted by Crippen LogP contribution is -2.29. The summed E-state index contributed by atoms with van der Waals surface area (Å²) in [5, 5.41) is 0. The van der Waals surface area contributed by atoms with Gasteiger partial charge in [0, 0.05) is 20.6 Å². The van der Waals surface area contributed by atoms with Gasteiger partial charge in [-0.05, 0) is 40.5 Å². The molecule has 1 aromatic heterocycles. The molecule has 3 rings (SSSR count). The van der Waals surface area contributed by atoms with Crippen LogP contribution in [0.25, 0.3) is 0 Å². The van der Waals surface area contributed by atoms with Gasteiger partial charge in [0.05, 0.1) is 6.04 Å². The molecule has 18 heavy (non-hydrogen) atoms. The van der Waals surface area contributed by atoms with Crippen molar-refractivity contribution in [2.75, 3.05) is 0 Å². The van der Waals surface area contributed by atoms with Crippen LogP contribution in [0.5, 0.6) is 5.75 Å². The first-order valence-corrected chi connectivity index (χ1v) is 7.52. The molecular weight excluding hydrogens is 310 g/mol. The second kappa shape index (κ2) is 4.68. The summed E-state index contributed by atoms with van der Waals surface area (Å²) in [6.07, 6.45) is 0.928. The number of halogens is 1. The van der Waals surface area contributed by atoms with E-state index >= 15 is 0 Å². The van der Waals surface area contributed by atoms with E-state index in [1.165, 1.54) is 15.3 Å². The molecule has 2 N–H and O–H groups in total. The number of para-hydroxylation sites is 1. The van der Waals surface area contributed by atoms with Crippen LogP contribution in [0.1, 0.15) is 21.4 Å². The van der Waals surface area contributed by atoms with E-state index in [1.54, 1.807) is 11.3 Å². The number of hydrogen-bond donors (Lipinski definition) is 1. The molecule has 0 saturated heterocycles. The summed E-state index contributed by atoms with van der Waals surface area (Å²) in [4.78, 5) is 2.44. The second-order valence-corrected chi connectivity index (χ2v) is 6.71. The van der Waals surface area contributed by atoms with E-state index in [1.807, 2.05) is 18.2 Å². The van der Waals surface area contributed by atoms with E-state index in [0.717, 1.165) is 16.6 Å². The number of hydrogen-bond acceptors (Lipinski definition) is 3. The van der Waals surface area contributed by atoms with E-state index in [0.29, 0.717) is 0 Å². The molecule has 2 atom stereocenters. The molecule has 0 amide bonds. The highest BCUT2D eigenvalue weighted by molar-refractivity contribution is 9.10. The molecule has 0 bridgehead atoms. The van der Waals surface area contributed by atoms with Crippen molar-refractivity contribution in [3.8, 4) is 5.75 Å². The number of nitrogens with two attached hydrogens (primary N) is 1. The fraction of sp³-hybridized carbons (Fsp3) is 0.286. The normalized spacial score (nSPS) is 19.4. The maximum atomic E-state index is 6.35. The molecule has 0 saturated carbocycles. The first-order chi connectivity index (χ1) is 8.65. The van der Waals surface area contributed by atoms with Crippen molar-refractivity contribution in [1.29, 1.82) is 0 Å². The summed E-state index contributed by atoms with van der Waals surface area (Å²) >= 11 is 5.31. The molecule has 1 aromatic carbocycles. The highest BCUT2D eigenvalue weighted by Crippen LogP contribution is 2.38. The highest BCUT2D eigenvalue weighted by Gasteiger charge is 2.30. The second-order valence-electron chi connectivity index (χ2n) is 4.56. The number of rotatable bonds is 2. The van der Waals surface area contributed by atoms with Gasteiger partial charge < -0.3 is 10.5 Å². The van der Waals surface area contributed by atoms with Crippen molar-refractivity contribution in [3.63, 3.8) is 0 Å². The SMILES string of the molecule is Cc1cc(Br)c(C(N)C2Cc3ccccc3O2)s1. The third-order valence-corrected chi connectivity index (χ3v) is 5.28. The van der Waals surface area contributed by atoms with Crippen LogP contribution in [0, 0.1) is 6.92 Å². The predicted molar refractivity (Wildman–Crippen MR) is 78.2 cm³/mol. The third-order valence-electron chi connectivity index (χ3n) is 3.21. The van der Waals surface area contributed by atoms with Crippen LogP contribution in [0.15, 0.2) is 34.8 Å². The Hall–Kier alpha value is -0.840. The summed E-state index contributed by atoms with van der Waals surface area (Å²) in [6, 6.07) is 10.2. The monoisotopic (exact) mass is 323 g/mol. The van der Waals surface area contributed by atoms with Crippen molar-refractivity contribution in [3.05, 3.63) is 50.1 Å². The predicted octanol–water partition coefficient (Wildman–Crippen LogP) is 3.82. The molecule has 0 radical (unpaired) electrons. The van der Waals surface area contributed by atoms with Gasteiger partial charge in [0.1, 0.15) is 11.9 Å². The summed E-state index contributed by atoms with van der Waals surface area (Å²) in [6.45, 7) is 2.09. The molecule has 0 fully saturated rings. The molecule has 0 spiro atoms. The molecule has 94 valence electrons. The minimum atomic E-state index is -0.0783.